The SMILES string of the molecule is Clc1nc2nc(Cl)c(-c3ccccc3Cl)c(NCC3CC3)n2n1. The van der Waals surface area contributed by atoms with Gasteiger partial charge in [-0.3, -0.25) is 0 Å². The summed E-state index contributed by atoms with van der Waals surface area (Å²) in [7, 11) is 0. The van der Waals surface area contributed by atoms with Crippen molar-refractivity contribution in [2.45, 2.75) is 12.8 Å². The molecule has 0 radical (unpaired) electrons. The summed E-state index contributed by atoms with van der Waals surface area (Å²) in [5, 5.41) is 8.66. The summed E-state index contributed by atoms with van der Waals surface area (Å²) in [5.41, 5.74) is 1.49. The average Bonchev–Trinajstić information content (AvgIpc) is 3.27. The Morgan fingerprint density at radius 2 is 1.91 bits per heavy atom. The van der Waals surface area contributed by atoms with Crippen LogP contribution < -0.4 is 5.32 Å². The van der Waals surface area contributed by atoms with E-state index in [1.807, 2.05) is 24.3 Å². The normalized spacial score (nSPS) is 14.4. The van der Waals surface area contributed by atoms with E-state index in [1.165, 1.54) is 12.8 Å². The van der Waals surface area contributed by atoms with Gasteiger partial charge in [0.1, 0.15) is 11.0 Å². The van der Waals surface area contributed by atoms with Gasteiger partial charge < -0.3 is 5.32 Å². The highest BCUT2D eigenvalue weighted by molar-refractivity contribution is 6.36. The molecule has 1 N–H and O–H groups in total. The van der Waals surface area contributed by atoms with Crippen molar-refractivity contribution in [2.75, 3.05) is 11.9 Å². The summed E-state index contributed by atoms with van der Waals surface area (Å²) >= 11 is 18.7. The number of halogens is 3. The number of anilines is 1. The van der Waals surface area contributed by atoms with E-state index >= 15 is 0 Å². The van der Waals surface area contributed by atoms with Crippen LogP contribution in [0.5, 0.6) is 0 Å². The minimum Gasteiger partial charge on any atom is -0.369 e. The Balaban J connectivity index is 1.94. The van der Waals surface area contributed by atoms with Gasteiger partial charge in [-0.2, -0.15) is 14.5 Å². The van der Waals surface area contributed by atoms with Gasteiger partial charge in [0.05, 0.1) is 5.56 Å². The van der Waals surface area contributed by atoms with Crippen LogP contribution in [0.2, 0.25) is 15.5 Å². The van der Waals surface area contributed by atoms with Crippen LogP contribution in [0.1, 0.15) is 12.8 Å². The second kappa shape index (κ2) is 5.82. The summed E-state index contributed by atoms with van der Waals surface area (Å²) in [4.78, 5) is 8.37. The van der Waals surface area contributed by atoms with E-state index in [4.69, 9.17) is 34.8 Å². The second-order valence-electron chi connectivity index (χ2n) is 5.52. The molecule has 1 aromatic carbocycles. The van der Waals surface area contributed by atoms with Gasteiger partial charge in [0, 0.05) is 17.1 Å². The molecule has 1 saturated carbocycles. The van der Waals surface area contributed by atoms with Crippen molar-refractivity contribution in [1.29, 1.82) is 0 Å². The first-order valence-electron chi connectivity index (χ1n) is 7.24. The molecule has 23 heavy (non-hydrogen) atoms. The largest absolute Gasteiger partial charge is 0.369 e. The lowest BCUT2D eigenvalue weighted by Gasteiger charge is -2.15. The predicted molar refractivity (Wildman–Crippen MR) is 92.5 cm³/mol. The molecular weight excluding hydrogens is 357 g/mol. The van der Waals surface area contributed by atoms with Crippen LogP contribution in [-0.2, 0) is 0 Å². The molecule has 2 aromatic heterocycles. The van der Waals surface area contributed by atoms with E-state index in [9.17, 15) is 0 Å². The fourth-order valence-corrected chi connectivity index (χ4v) is 3.13. The van der Waals surface area contributed by atoms with E-state index in [1.54, 1.807) is 4.52 Å². The number of hydrogen-bond donors (Lipinski definition) is 1. The summed E-state index contributed by atoms with van der Waals surface area (Å²) in [6.07, 6.45) is 2.46. The zero-order chi connectivity index (χ0) is 16.0. The van der Waals surface area contributed by atoms with Gasteiger partial charge in [0.2, 0.25) is 5.28 Å². The van der Waals surface area contributed by atoms with E-state index < -0.39 is 0 Å². The maximum atomic E-state index is 6.42. The number of aromatic nitrogens is 4. The van der Waals surface area contributed by atoms with Crippen molar-refractivity contribution in [3.63, 3.8) is 0 Å². The zero-order valence-electron chi connectivity index (χ0n) is 11.9. The molecule has 8 heteroatoms. The van der Waals surface area contributed by atoms with E-state index in [-0.39, 0.29) is 5.28 Å². The van der Waals surface area contributed by atoms with Crippen molar-refractivity contribution in [3.05, 3.63) is 39.7 Å². The molecule has 2 heterocycles. The fraction of sp³-hybridized carbons (Fsp3) is 0.267. The number of fused-ring (bicyclic) bond motifs is 1. The molecule has 1 fully saturated rings. The molecule has 0 unspecified atom stereocenters. The van der Waals surface area contributed by atoms with Crippen LogP contribution in [0, 0.1) is 5.92 Å². The number of benzene rings is 1. The van der Waals surface area contributed by atoms with Gasteiger partial charge in [-0.25, -0.2) is 0 Å². The van der Waals surface area contributed by atoms with Crippen molar-refractivity contribution >= 4 is 46.4 Å². The smallest absolute Gasteiger partial charge is 0.256 e. The lowest BCUT2D eigenvalue weighted by molar-refractivity contribution is 0.857. The number of hydrogen-bond acceptors (Lipinski definition) is 4. The number of nitrogens with one attached hydrogen (secondary N) is 1. The van der Waals surface area contributed by atoms with Gasteiger partial charge in [-0.05, 0) is 36.4 Å². The molecule has 0 atom stereocenters. The molecule has 3 aromatic rings. The first-order valence-corrected chi connectivity index (χ1v) is 8.37. The molecule has 1 aliphatic carbocycles. The lowest BCUT2D eigenvalue weighted by atomic mass is 10.1. The number of rotatable bonds is 4. The Morgan fingerprint density at radius 3 is 2.65 bits per heavy atom. The van der Waals surface area contributed by atoms with Gasteiger partial charge in [-0.1, -0.05) is 41.4 Å². The Morgan fingerprint density at radius 1 is 1.13 bits per heavy atom. The lowest BCUT2D eigenvalue weighted by Crippen LogP contribution is -2.11. The maximum absolute atomic E-state index is 6.42. The standard InChI is InChI=1S/C15H12Cl3N5/c16-10-4-2-1-3-9(10)11-12(17)20-15-21-14(18)22-23(15)13(11)19-7-8-5-6-8/h1-4,8,19H,5-7H2. The van der Waals surface area contributed by atoms with Gasteiger partial charge in [0.25, 0.3) is 5.78 Å². The molecular formula is C15H12Cl3N5. The van der Waals surface area contributed by atoms with Crippen molar-refractivity contribution in [3.8, 4) is 11.1 Å². The Bertz CT molecular complexity index is 888. The topological polar surface area (TPSA) is 55.1 Å². The fourth-order valence-electron chi connectivity index (χ4n) is 2.48. The third-order valence-corrected chi connectivity index (χ3v) is 4.58. The molecule has 4 rings (SSSR count). The molecule has 0 amide bonds. The summed E-state index contributed by atoms with van der Waals surface area (Å²) < 4.78 is 1.58. The maximum Gasteiger partial charge on any atom is 0.256 e. The molecule has 0 bridgehead atoms. The van der Waals surface area contributed by atoms with Crippen LogP contribution in [0.25, 0.3) is 16.9 Å². The first kappa shape index (κ1) is 15.0. The predicted octanol–water partition coefficient (Wildman–Crippen LogP) is 4.57. The third-order valence-electron chi connectivity index (χ3n) is 3.82. The summed E-state index contributed by atoms with van der Waals surface area (Å²) in [6, 6.07) is 7.49. The minimum atomic E-state index is 0.124. The van der Waals surface area contributed by atoms with Crippen molar-refractivity contribution in [2.24, 2.45) is 5.92 Å². The van der Waals surface area contributed by atoms with Crippen LogP contribution >= 0.6 is 34.8 Å². The Hall–Kier alpha value is -1.56. The molecule has 1 aliphatic rings. The summed E-state index contributed by atoms with van der Waals surface area (Å²) in [5.74, 6) is 1.74. The molecule has 5 nitrogen and oxygen atoms in total. The average molecular weight is 369 g/mol. The summed E-state index contributed by atoms with van der Waals surface area (Å²) in [6.45, 7) is 0.838. The van der Waals surface area contributed by atoms with E-state index in [2.05, 4.69) is 20.4 Å². The highest BCUT2D eigenvalue weighted by Gasteiger charge is 2.24. The van der Waals surface area contributed by atoms with Crippen LogP contribution in [-0.4, -0.2) is 26.1 Å². The van der Waals surface area contributed by atoms with Crippen LogP contribution in [0.15, 0.2) is 24.3 Å². The quantitative estimate of drug-likeness (QED) is 0.685. The Labute approximate surface area is 147 Å². The van der Waals surface area contributed by atoms with Crippen LogP contribution in [0.3, 0.4) is 0 Å². The highest BCUT2D eigenvalue weighted by Crippen LogP contribution is 2.39. The monoisotopic (exact) mass is 367 g/mol. The van der Waals surface area contributed by atoms with Crippen molar-refractivity contribution < 1.29 is 0 Å². The van der Waals surface area contributed by atoms with Crippen molar-refractivity contribution in [1.82, 2.24) is 19.6 Å². The van der Waals surface area contributed by atoms with Crippen LogP contribution in [0.4, 0.5) is 5.82 Å². The van der Waals surface area contributed by atoms with Gasteiger partial charge >= 0.3 is 0 Å². The van der Waals surface area contributed by atoms with E-state index in [0.717, 1.165) is 12.1 Å². The Kier molecular flexibility index (Phi) is 3.79. The molecule has 0 spiro atoms. The van der Waals surface area contributed by atoms with E-state index in [0.29, 0.717) is 33.3 Å². The molecule has 118 valence electrons. The third kappa shape index (κ3) is 2.84. The highest BCUT2D eigenvalue weighted by atomic mass is 35.5. The zero-order valence-corrected chi connectivity index (χ0v) is 14.2. The molecule has 0 saturated heterocycles. The molecule has 0 aliphatic heterocycles. The first-order chi connectivity index (χ1) is 11.1. The minimum absolute atomic E-state index is 0.124. The van der Waals surface area contributed by atoms with Gasteiger partial charge in [0.15, 0.2) is 0 Å². The van der Waals surface area contributed by atoms with Gasteiger partial charge in [-0.15, -0.1) is 5.10 Å². The second-order valence-corrected chi connectivity index (χ2v) is 6.63. The number of nitrogens with zero attached hydrogens (tertiary/aromatic N) is 4.